The van der Waals surface area contributed by atoms with Crippen LogP contribution in [-0.4, -0.2) is 41.9 Å². The zero-order valence-corrected chi connectivity index (χ0v) is 20.9. The Kier molecular flexibility index (Phi) is 9.98. The van der Waals surface area contributed by atoms with Crippen molar-refractivity contribution in [3.63, 3.8) is 0 Å². The van der Waals surface area contributed by atoms with E-state index in [4.69, 9.17) is 9.47 Å². The Bertz CT molecular complexity index is 896. The van der Waals surface area contributed by atoms with E-state index in [9.17, 15) is 10.2 Å². The summed E-state index contributed by atoms with van der Waals surface area (Å²) in [5.41, 5.74) is 5.56. The van der Waals surface area contributed by atoms with Gasteiger partial charge in [-0.3, -0.25) is 4.90 Å². The maximum absolute atomic E-state index is 10.5. The maximum Gasteiger partial charge on any atom is 0.127 e. The molecule has 0 atom stereocenters. The van der Waals surface area contributed by atoms with Crippen molar-refractivity contribution in [2.24, 2.45) is 0 Å². The smallest absolute Gasteiger partial charge is 0.127 e. The highest BCUT2D eigenvalue weighted by atomic mass is 35.5. The standard InChI is InChI=1S/C25H37NO4.ClH/c1-9-29-25-18(6)17(5)24(28)19(7)21(25)14-26(8)10-11-30-23-12-16(4)22(27)13-20(23)15(2)3;/h12-13,15,27-28H,9-11,14H2,1-8H3;1H. The van der Waals surface area contributed by atoms with E-state index in [1.807, 2.05) is 47.7 Å². The highest BCUT2D eigenvalue weighted by Gasteiger charge is 2.19. The van der Waals surface area contributed by atoms with Gasteiger partial charge < -0.3 is 19.7 Å². The summed E-state index contributed by atoms with van der Waals surface area (Å²) in [5.74, 6) is 2.60. The molecule has 2 aromatic carbocycles. The summed E-state index contributed by atoms with van der Waals surface area (Å²) < 4.78 is 12.0. The summed E-state index contributed by atoms with van der Waals surface area (Å²) >= 11 is 0. The molecule has 0 bridgehead atoms. The number of rotatable bonds is 9. The van der Waals surface area contributed by atoms with Crippen LogP contribution in [0.1, 0.15) is 60.1 Å². The summed E-state index contributed by atoms with van der Waals surface area (Å²) in [7, 11) is 2.04. The lowest BCUT2D eigenvalue weighted by molar-refractivity contribution is 0.227. The Morgan fingerprint density at radius 1 is 0.968 bits per heavy atom. The first-order valence-corrected chi connectivity index (χ1v) is 10.7. The first-order chi connectivity index (χ1) is 14.1. The summed E-state index contributed by atoms with van der Waals surface area (Å²) in [5, 5.41) is 20.5. The van der Waals surface area contributed by atoms with E-state index in [2.05, 4.69) is 18.7 Å². The van der Waals surface area contributed by atoms with Crippen molar-refractivity contribution in [3.8, 4) is 23.0 Å². The number of hydrogen-bond acceptors (Lipinski definition) is 5. The lowest BCUT2D eigenvalue weighted by Gasteiger charge is -2.24. The van der Waals surface area contributed by atoms with E-state index in [0.717, 1.165) is 51.4 Å². The van der Waals surface area contributed by atoms with Gasteiger partial charge in [-0.05, 0) is 82.0 Å². The van der Waals surface area contributed by atoms with Crippen molar-refractivity contribution in [1.29, 1.82) is 0 Å². The largest absolute Gasteiger partial charge is 0.508 e. The van der Waals surface area contributed by atoms with Crippen LogP contribution < -0.4 is 9.47 Å². The van der Waals surface area contributed by atoms with Crippen LogP contribution in [0, 0.1) is 27.7 Å². The monoisotopic (exact) mass is 451 g/mol. The quantitative estimate of drug-likeness (QED) is 0.505. The molecule has 0 spiro atoms. The van der Waals surface area contributed by atoms with Crippen molar-refractivity contribution in [3.05, 3.63) is 45.5 Å². The first kappa shape index (κ1) is 26.9. The van der Waals surface area contributed by atoms with Gasteiger partial charge in [-0.2, -0.15) is 0 Å². The third kappa shape index (κ3) is 6.20. The molecule has 0 heterocycles. The number of ether oxygens (including phenoxy) is 2. The lowest BCUT2D eigenvalue weighted by Crippen LogP contribution is -2.25. The molecule has 5 nitrogen and oxygen atoms in total. The molecule has 0 aliphatic carbocycles. The first-order valence-electron chi connectivity index (χ1n) is 10.7. The molecule has 2 aromatic rings. The SMILES string of the molecule is CCOc1c(C)c(C)c(O)c(C)c1CN(C)CCOc1cc(C)c(O)cc1C(C)C.Cl. The van der Waals surface area contributed by atoms with Crippen LogP contribution in [0.4, 0.5) is 0 Å². The average molecular weight is 452 g/mol. The van der Waals surface area contributed by atoms with Gasteiger partial charge in [0.1, 0.15) is 29.6 Å². The van der Waals surface area contributed by atoms with Gasteiger partial charge in [-0.15, -0.1) is 12.4 Å². The number of hydrogen-bond donors (Lipinski definition) is 2. The third-order valence-electron chi connectivity index (χ3n) is 5.74. The number of phenolic OH excluding ortho intramolecular Hbond substituents is 2. The zero-order chi connectivity index (χ0) is 22.6. The minimum Gasteiger partial charge on any atom is -0.508 e. The van der Waals surface area contributed by atoms with Crippen LogP contribution in [0.3, 0.4) is 0 Å². The Morgan fingerprint density at radius 2 is 1.61 bits per heavy atom. The summed E-state index contributed by atoms with van der Waals surface area (Å²) in [4.78, 5) is 2.17. The summed E-state index contributed by atoms with van der Waals surface area (Å²) in [6, 6.07) is 3.71. The van der Waals surface area contributed by atoms with Crippen molar-refractivity contribution in [1.82, 2.24) is 4.90 Å². The topological polar surface area (TPSA) is 62.2 Å². The zero-order valence-electron chi connectivity index (χ0n) is 20.1. The molecule has 2 rings (SSSR count). The predicted octanol–water partition coefficient (Wildman–Crippen LogP) is 5.79. The second kappa shape index (κ2) is 11.5. The fourth-order valence-electron chi connectivity index (χ4n) is 3.62. The lowest BCUT2D eigenvalue weighted by atomic mass is 9.97. The molecule has 0 radical (unpaired) electrons. The van der Waals surface area contributed by atoms with Crippen molar-refractivity contribution in [2.75, 3.05) is 26.8 Å². The maximum atomic E-state index is 10.5. The third-order valence-corrected chi connectivity index (χ3v) is 5.74. The predicted molar refractivity (Wildman–Crippen MR) is 129 cm³/mol. The number of likely N-dealkylation sites (N-methyl/N-ethyl adjacent to an activating group) is 1. The number of phenols is 2. The molecule has 0 aliphatic rings. The van der Waals surface area contributed by atoms with Crippen LogP contribution in [0.5, 0.6) is 23.0 Å². The van der Waals surface area contributed by atoms with Gasteiger partial charge in [0.2, 0.25) is 0 Å². The van der Waals surface area contributed by atoms with Gasteiger partial charge in [0.05, 0.1) is 6.61 Å². The van der Waals surface area contributed by atoms with E-state index < -0.39 is 0 Å². The van der Waals surface area contributed by atoms with E-state index in [1.165, 1.54) is 0 Å². The van der Waals surface area contributed by atoms with Crippen LogP contribution in [0.2, 0.25) is 0 Å². The molecule has 0 saturated heterocycles. The number of aryl methyl sites for hydroxylation is 1. The molecular weight excluding hydrogens is 414 g/mol. The molecule has 31 heavy (non-hydrogen) atoms. The van der Waals surface area contributed by atoms with Crippen molar-refractivity contribution < 1.29 is 19.7 Å². The molecule has 6 heteroatoms. The Balaban J connectivity index is 0.00000480. The molecule has 0 aliphatic heterocycles. The van der Waals surface area contributed by atoms with E-state index in [1.54, 1.807) is 6.07 Å². The van der Waals surface area contributed by atoms with Gasteiger partial charge >= 0.3 is 0 Å². The Hall–Kier alpha value is -2.11. The fraction of sp³-hybridized carbons (Fsp3) is 0.520. The van der Waals surface area contributed by atoms with Gasteiger partial charge in [0, 0.05) is 24.2 Å². The molecule has 174 valence electrons. The van der Waals surface area contributed by atoms with Gasteiger partial charge in [0.15, 0.2) is 0 Å². The van der Waals surface area contributed by atoms with Gasteiger partial charge in [-0.25, -0.2) is 0 Å². The van der Waals surface area contributed by atoms with Crippen LogP contribution >= 0.6 is 12.4 Å². The van der Waals surface area contributed by atoms with Crippen LogP contribution in [0.25, 0.3) is 0 Å². The summed E-state index contributed by atoms with van der Waals surface area (Å²) in [6.45, 7) is 16.4. The van der Waals surface area contributed by atoms with Crippen molar-refractivity contribution in [2.45, 2.75) is 60.9 Å². The average Bonchev–Trinajstić information content (AvgIpc) is 2.69. The second-order valence-electron chi connectivity index (χ2n) is 8.38. The normalized spacial score (nSPS) is 11.0. The van der Waals surface area contributed by atoms with Gasteiger partial charge in [0.25, 0.3) is 0 Å². The molecule has 2 N–H and O–H groups in total. The molecule has 0 fully saturated rings. The molecule has 0 unspecified atom stereocenters. The Morgan fingerprint density at radius 3 is 2.19 bits per heavy atom. The van der Waals surface area contributed by atoms with Crippen molar-refractivity contribution >= 4 is 12.4 Å². The number of nitrogens with zero attached hydrogens (tertiary/aromatic N) is 1. The minimum atomic E-state index is 0. The highest BCUT2D eigenvalue weighted by molar-refractivity contribution is 5.85. The van der Waals surface area contributed by atoms with E-state index in [-0.39, 0.29) is 18.3 Å². The van der Waals surface area contributed by atoms with E-state index >= 15 is 0 Å². The molecular formula is C25H38ClNO4. The van der Waals surface area contributed by atoms with Crippen LogP contribution in [0.15, 0.2) is 12.1 Å². The fourth-order valence-corrected chi connectivity index (χ4v) is 3.62. The van der Waals surface area contributed by atoms with E-state index in [0.29, 0.717) is 31.3 Å². The van der Waals surface area contributed by atoms with Gasteiger partial charge in [-0.1, -0.05) is 13.8 Å². The molecule has 0 aromatic heterocycles. The number of benzene rings is 2. The number of halogens is 1. The summed E-state index contributed by atoms with van der Waals surface area (Å²) in [6.07, 6.45) is 0. The molecule has 0 amide bonds. The number of aromatic hydroxyl groups is 2. The second-order valence-corrected chi connectivity index (χ2v) is 8.38. The Labute approximate surface area is 193 Å². The van der Waals surface area contributed by atoms with Crippen LogP contribution in [-0.2, 0) is 6.54 Å². The molecule has 0 saturated carbocycles. The highest BCUT2D eigenvalue weighted by Crippen LogP contribution is 2.38. The minimum absolute atomic E-state index is 0.